The van der Waals surface area contributed by atoms with Gasteiger partial charge < -0.3 is 4.90 Å². The lowest BCUT2D eigenvalue weighted by atomic mass is 10.2. The van der Waals surface area contributed by atoms with Crippen LogP contribution in [0, 0.1) is 0 Å². The first-order valence-electron chi connectivity index (χ1n) is 6.10. The standard InChI is InChI=1S/C12H19N3/c1-9(2)14-6-3-7-15-12(14)8-11(13-15)10-4-5-10/h8-10H,3-7H2,1-2H3. The van der Waals surface area contributed by atoms with Gasteiger partial charge in [0.15, 0.2) is 0 Å². The van der Waals surface area contributed by atoms with Crippen molar-refractivity contribution in [2.45, 2.75) is 51.6 Å². The highest BCUT2D eigenvalue weighted by Gasteiger charge is 2.29. The van der Waals surface area contributed by atoms with Crippen LogP contribution in [-0.2, 0) is 6.54 Å². The zero-order valence-corrected chi connectivity index (χ0v) is 9.61. The highest BCUT2D eigenvalue weighted by atomic mass is 15.4. The maximum atomic E-state index is 4.72. The summed E-state index contributed by atoms with van der Waals surface area (Å²) in [4.78, 5) is 2.47. The third-order valence-corrected chi connectivity index (χ3v) is 3.46. The summed E-state index contributed by atoms with van der Waals surface area (Å²) in [6.45, 7) is 6.82. The fraction of sp³-hybridized carbons (Fsp3) is 0.750. The van der Waals surface area contributed by atoms with Gasteiger partial charge in [0.1, 0.15) is 5.82 Å². The molecule has 0 bridgehead atoms. The van der Waals surface area contributed by atoms with Crippen LogP contribution in [0.3, 0.4) is 0 Å². The summed E-state index contributed by atoms with van der Waals surface area (Å²) in [6.07, 6.45) is 3.92. The van der Waals surface area contributed by atoms with Gasteiger partial charge in [-0.3, -0.25) is 0 Å². The van der Waals surface area contributed by atoms with Crippen molar-refractivity contribution in [2.24, 2.45) is 0 Å². The first kappa shape index (κ1) is 9.25. The number of fused-ring (bicyclic) bond motifs is 1. The Morgan fingerprint density at radius 1 is 1.33 bits per heavy atom. The molecule has 3 heteroatoms. The van der Waals surface area contributed by atoms with E-state index in [9.17, 15) is 0 Å². The van der Waals surface area contributed by atoms with E-state index in [1.165, 1.54) is 37.3 Å². The molecule has 1 aromatic rings. The molecule has 1 aromatic heterocycles. The van der Waals surface area contributed by atoms with E-state index in [4.69, 9.17) is 5.10 Å². The Morgan fingerprint density at radius 3 is 2.80 bits per heavy atom. The van der Waals surface area contributed by atoms with Gasteiger partial charge in [-0.2, -0.15) is 5.10 Å². The number of hydrogen-bond donors (Lipinski definition) is 0. The molecule has 15 heavy (non-hydrogen) atoms. The molecule has 0 unspecified atom stereocenters. The molecule has 1 aliphatic heterocycles. The fourth-order valence-corrected chi connectivity index (χ4v) is 2.43. The van der Waals surface area contributed by atoms with Gasteiger partial charge >= 0.3 is 0 Å². The second-order valence-electron chi connectivity index (χ2n) is 5.07. The van der Waals surface area contributed by atoms with Crippen molar-refractivity contribution in [3.8, 4) is 0 Å². The van der Waals surface area contributed by atoms with E-state index in [0.29, 0.717) is 6.04 Å². The number of anilines is 1. The Kier molecular flexibility index (Phi) is 2.01. The minimum absolute atomic E-state index is 0.591. The summed E-state index contributed by atoms with van der Waals surface area (Å²) in [5.41, 5.74) is 1.33. The molecule has 0 spiro atoms. The van der Waals surface area contributed by atoms with E-state index in [-0.39, 0.29) is 0 Å². The molecule has 0 radical (unpaired) electrons. The van der Waals surface area contributed by atoms with Crippen molar-refractivity contribution in [1.29, 1.82) is 0 Å². The van der Waals surface area contributed by atoms with E-state index < -0.39 is 0 Å². The third kappa shape index (κ3) is 1.54. The van der Waals surface area contributed by atoms with Crippen LogP contribution in [0.2, 0.25) is 0 Å². The molecule has 3 nitrogen and oxygen atoms in total. The largest absolute Gasteiger partial charge is 0.354 e. The average Bonchev–Trinajstić information content (AvgIpc) is 2.96. The maximum Gasteiger partial charge on any atom is 0.127 e. The minimum atomic E-state index is 0.591. The summed E-state index contributed by atoms with van der Waals surface area (Å²) in [6, 6.07) is 2.91. The van der Waals surface area contributed by atoms with Crippen LogP contribution in [0.25, 0.3) is 0 Å². The molecular weight excluding hydrogens is 186 g/mol. The highest BCUT2D eigenvalue weighted by molar-refractivity contribution is 5.44. The number of aromatic nitrogens is 2. The summed E-state index contributed by atoms with van der Waals surface area (Å²) >= 11 is 0. The monoisotopic (exact) mass is 205 g/mol. The van der Waals surface area contributed by atoms with Gasteiger partial charge in [0.2, 0.25) is 0 Å². The van der Waals surface area contributed by atoms with Crippen molar-refractivity contribution in [3.05, 3.63) is 11.8 Å². The molecule has 1 saturated carbocycles. The van der Waals surface area contributed by atoms with Crippen molar-refractivity contribution in [1.82, 2.24) is 9.78 Å². The normalized spacial score (nSPS) is 20.9. The van der Waals surface area contributed by atoms with Gasteiger partial charge in [-0.1, -0.05) is 0 Å². The van der Waals surface area contributed by atoms with Gasteiger partial charge in [0.25, 0.3) is 0 Å². The zero-order chi connectivity index (χ0) is 10.4. The molecule has 0 amide bonds. The summed E-state index contributed by atoms with van der Waals surface area (Å²) in [7, 11) is 0. The smallest absolute Gasteiger partial charge is 0.127 e. The van der Waals surface area contributed by atoms with Crippen LogP contribution in [0.1, 0.15) is 44.7 Å². The van der Waals surface area contributed by atoms with E-state index in [0.717, 1.165) is 12.5 Å². The first-order chi connectivity index (χ1) is 7.25. The second-order valence-corrected chi connectivity index (χ2v) is 5.07. The predicted molar refractivity (Wildman–Crippen MR) is 61.3 cm³/mol. The van der Waals surface area contributed by atoms with E-state index in [2.05, 4.69) is 29.5 Å². The van der Waals surface area contributed by atoms with Gasteiger partial charge in [0, 0.05) is 31.1 Å². The molecule has 1 fully saturated rings. The lowest BCUT2D eigenvalue weighted by Crippen LogP contribution is -2.37. The molecule has 1 aliphatic carbocycles. The van der Waals surface area contributed by atoms with Crippen LogP contribution >= 0.6 is 0 Å². The number of aryl methyl sites for hydroxylation is 1. The number of hydrogen-bond acceptors (Lipinski definition) is 2. The molecule has 0 atom stereocenters. The highest BCUT2D eigenvalue weighted by Crippen LogP contribution is 2.41. The lowest BCUT2D eigenvalue weighted by molar-refractivity contribution is 0.492. The predicted octanol–water partition coefficient (Wildman–Crippen LogP) is 2.38. The van der Waals surface area contributed by atoms with Crippen molar-refractivity contribution in [3.63, 3.8) is 0 Å². The lowest BCUT2D eigenvalue weighted by Gasteiger charge is -2.32. The molecule has 0 N–H and O–H groups in total. The SMILES string of the molecule is CC(C)N1CCCn2nc(C3CC3)cc21. The molecular formula is C12H19N3. The van der Waals surface area contributed by atoms with Crippen LogP contribution in [0.4, 0.5) is 5.82 Å². The summed E-state index contributed by atoms with van der Waals surface area (Å²) in [5.74, 6) is 2.12. The van der Waals surface area contributed by atoms with Crippen LogP contribution < -0.4 is 4.90 Å². The van der Waals surface area contributed by atoms with E-state index in [1.54, 1.807) is 0 Å². The molecule has 2 aliphatic rings. The molecule has 0 saturated heterocycles. The average molecular weight is 205 g/mol. The Labute approximate surface area is 91.1 Å². The Morgan fingerprint density at radius 2 is 2.13 bits per heavy atom. The zero-order valence-electron chi connectivity index (χ0n) is 9.61. The van der Waals surface area contributed by atoms with Crippen molar-refractivity contribution < 1.29 is 0 Å². The first-order valence-corrected chi connectivity index (χ1v) is 6.10. The summed E-state index contributed by atoms with van der Waals surface area (Å²) in [5, 5.41) is 4.72. The second kappa shape index (κ2) is 3.26. The van der Waals surface area contributed by atoms with E-state index in [1.807, 2.05) is 0 Å². The Balaban J connectivity index is 1.95. The van der Waals surface area contributed by atoms with Gasteiger partial charge in [-0.25, -0.2) is 4.68 Å². The van der Waals surface area contributed by atoms with Crippen molar-refractivity contribution in [2.75, 3.05) is 11.4 Å². The molecule has 3 rings (SSSR count). The molecule has 0 aromatic carbocycles. The van der Waals surface area contributed by atoms with Crippen LogP contribution in [0.5, 0.6) is 0 Å². The minimum Gasteiger partial charge on any atom is -0.354 e. The quantitative estimate of drug-likeness (QED) is 0.739. The maximum absolute atomic E-state index is 4.72. The van der Waals surface area contributed by atoms with E-state index >= 15 is 0 Å². The number of rotatable bonds is 2. The topological polar surface area (TPSA) is 21.1 Å². The number of nitrogens with zero attached hydrogens (tertiary/aromatic N) is 3. The van der Waals surface area contributed by atoms with Gasteiger partial charge in [-0.05, 0) is 33.1 Å². The van der Waals surface area contributed by atoms with Gasteiger partial charge in [0.05, 0.1) is 5.69 Å². The van der Waals surface area contributed by atoms with Crippen LogP contribution in [-0.4, -0.2) is 22.4 Å². The Bertz CT molecular complexity index is 363. The fourth-order valence-electron chi connectivity index (χ4n) is 2.43. The molecule has 2 heterocycles. The van der Waals surface area contributed by atoms with Crippen LogP contribution in [0.15, 0.2) is 6.07 Å². The van der Waals surface area contributed by atoms with Gasteiger partial charge in [-0.15, -0.1) is 0 Å². The Hall–Kier alpha value is -0.990. The summed E-state index contributed by atoms with van der Waals surface area (Å²) < 4.78 is 2.21. The van der Waals surface area contributed by atoms with Crippen molar-refractivity contribution >= 4 is 5.82 Å². The third-order valence-electron chi connectivity index (χ3n) is 3.46. The molecule has 82 valence electrons.